The number of benzene rings is 1. The number of hydrogen-bond donors (Lipinski definition) is 0. The van der Waals surface area contributed by atoms with Crippen molar-refractivity contribution in [3.63, 3.8) is 0 Å². The van der Waals surface area contributed by atoms with E-state index in [2.05, 4.69) is 15.9 Å². The van der Waals surface area contributed by atoms with E-state index in [0.717, 1.165) is 0 Å². The van der Waals surface area contributed by atoms with Crippen molar-refractivity contribution in [2.24, 2.45) is 0 Å². The fraction of sp³-hybridized carbons (Fsp3) is 0.250. The molecule has 0 spiro atoms. The lowest BCUT2D eigenvalue weighted by molar-refractivity contribution is 0.441. The molecule has 0 fully saturated rings. The highest BCUT2D eigenvalue weighted by Crippen LogP contribution is 2.19. The molecule has 0 saturated carbocycles. The Morgan fingerprint density at radius 2 is 1.46 bits per heavy atom. The van der Waals surface area contributed by atoms with Crippen molar-refractivity contribution < 1.29 is 17.6 Å². The van der Waals surface area contributed by atoms with Crippen LogP contribution in [-0.4, -0.2) is 5.33 Å². The van der Waals surface area contributed by atoms with Crippen LogP contribution in [0.25, 0.3) is 0 Å². The summed E-state index contributed by atoms with van der Waals surface area (Å²) in [4.78, 5) is 0. The van der Waals surface area contributed by atoms with Gasteiger partial charge in [-0.2, -0.15) is 0 Å². The van der Waals surface area contributed by atoms with Crippen molar-refractivity contribution >= 4 is 15.9 Å². The van der Waals surface area contributed by atoms with Crippen LogP contribution in [0.4, 0.5) is 17.6 Å². The first-order valence-electron chi connectivity index (χ1n) is 3.45. The summed E-state index contributed by atoms with van der Waals surface area (Å²) in [5, 5.41) is 0.240. The molecule has 0 heterocycles. The molecule has 72 valence electrons. The molecule has 0 N–H and O–H groups in total. The van der Waals surface area contributed by atoms with Gasteiger partial charge in [0.25, 0.3) is 0 Å². The van der Waals surface area contributed by atoms with E-state index in [1.54, 1.807) is 0 Å². The number of hydrogen-bond acceptors (Lipinski definition) is 0. The van der Waals surface area contributed by atoms with Gasteiger partial charge in [0, 0.05) is 17.0 Å². The van der Waals surface area contributed by atoms with Crippen LogP contribution in [0.15, 0.2) is 6.07 Å². The maximum atomic E-state index is 12.8. The molecule has 0 aliphatic carbocycles. The summed E-state index contributed by atoms with van der Waals surface area (Å²) in [5.41, 5.74) is -0.561. The zero-order valence-corrected chi connectivity index (χ0v) is 7.97. The lowest BCUT2D eigenvalue weighted by Gasteiger charge is -2.04. The minimum atomic E-state index is -1.37. The topological polar surface area (TPSA) is 0 Å². The molecule has 0 aliphatic rings. The number of halogens is 5. The third-order valence-corrected chi connectivity index (χ3v) is 1.94. The number of alkyl halides is 1. The SMILES string of the molecule is Fc1cc(F)c(F)c(CCBr)c1F. The molecule has 0 amide bonds. The van der Waals surface area contributed by atoms with Crippen LogP contribution >= 0.6 is 15.9 Å². The first-order chi connectivity index (χ1) is 6.07. The quantitative estimate of drug-likeness (QED) is 0.433. The van der Waals surface area contributed by atoms with E-state index in [1.165, 1.54) is 0 Å². The maximum absolute atomic E-state index is 12.8. The summed E-state index contributed by atoms with van der Waals surface area (Å²) < 4.78 is 50.7. The fourth-order valence-corrected chi connectivity index (χ4v) is 1.33. The van der Waals surface area contributed by atoms with Crippen molar-refractivity contribution in [2.75, 3.05) is 5.33 Å². The van der Waals surface area contributed by atoms with Crippen molar-refractivity contribution in [3.8, 4) is 0 Å². The largest absolute Gasteiger partial charge is 0.204 e. The van der Waals surface area contributed by atoms with Gasteiger partial charge in [-0.25, -0.2) is 17.6 Å². The van der Waals surface area contributed by atoms with E-state index in [4.69, 9.17) is 0 Å². The van der Waals surface area contributed by atoms with Crippen LogP contribution in [0.1, 0.15) is 5.56 Å². The van der Waals surface area contributed by atoms with Gasteiger partial charge in [-0.15, -0.1) is 0 Å². The summed E-state index contributed by atoms with van der Waals surface area (Å²) in [6.07, 6.45) is -0.0909. The highest BCUT2D eigenvalue weighted by Gasteiger charge is 2.17. The second-order valence-electron chi connectivity index (χ2n) is 2.39. The highest BCUT2D eigenvalue weighted by molar-refractivity contribution is 9.09. The minimum Gasteiger partial charge on any atom is -0.204 e. The van der Waals surface area contributed by atoms with Gasteiger partial charge >= 0.3 is 0 Å². The van der Waals surface area contributed by atoms with Crippen molar-refractivity contribution in [3.05, 3.63) is 34.9 Å². The monoisotopic (exact) mass is 256 g/mol. The van der Waals surface area contributed by atoms with Crippen LogP contribution in [0.3, 0.4) is 0 Å². The van der Waals surface area contributed by atoms with Crippen molar-refractivity contribution in [2.45, 2.75) is 6.42 Å². The Labute approximate surface area is 80.7 Å². The van der Waals surface area contributed by atoms with Gasteiger partial charge in [0.2, 0.25) is 0 Å². The van der Waals surface area contributed by atoms with Gasteiger partial charge in [-0.05, 0) is 6.42 Å². The summed E-state index contributed by atoms with van der Waals surface area (Å²) in [6, 6.07) is 0.197. The zero-order valence-electron chi connectivity index (χ0n) is 6.38. The second-order valence-corrected chi connectivity index (χ2v) is 3.18. The van der Waals surface area contributed by atoms with Gasteiger partial charge in [-0.3, -0.25) is 0 Å². The van der Waals surface area contributed by atoms with Crippen LogP contribution < -0.4 is 0 Å². The van der Waals surface area contributed by atoms with Gasteiger partial charge in [0.1, 0.15) is 0 Å². The van der Waals surface area contributed by atoms with Gasteiger partial charge in [-0.1, -0.05) is 15.9 Å². The molecule has 0 bridgehead atoms. The van der Waals surface area contributed by atoms with E-state index >= 15 is 0 Å². The lowest BCUT2D eigenvalue weighted by atomic mass is 10.1. The standard InChI is InChI=1S/C8H5BrF4/c9-2-1-4-7(12)5(10)3-6(11)8(4)13/h3H,1-2H2. The highest BCUT2D eigenvalue weighted by atomic mass is 79.9. The third kappa shape index (κ3) is 2.02. The Hall–Kier alpha value is -0.580. The predicted octanol–water partition coefficient (Wildman–Crippen LogP) is 3.18. The van der Waals surface area contributed by atoms with Gasteiger partial charge in [0.05, 0.1) is 0 Å². The van der Waals surface area contributed by atoms with Crippen LogP contribution in [0.2, 0.25) is 0 Å². The molecule has 0 nitrogen and oxygen atoms in total. The van der Waals surface area contributed by atoms with E-state index in [-0.39, 0.29) is 17.8 Å². The summed E-state index contributed by atoms with van der Waals surface area (Å²) >= 11 is 2.93. The molecule has 13 heavy (non-hydrogen) atoms. The fourth-order valence-electron chi connectivity index (χ4n) is 0.937. The van der Waals surface area contributed by atoms with Gasteiger partial charge in [0.15, 0.2) is 23.3 Å². The molecule has 1 aromatic rings. The summed E-state index contributed by atoms with van der Waals surface area (Å²) in [5.74, 6) is -5.37. The van der Waals surface area contributed by atoms with Crippen molar-refractivity contribution in [1.82, 2.24) is 0 Å². The molecular weight excluding hydrogens is 252 g/mol. The zero-order chi connectivity index (χ0) is 10.0. The van der Waals surface area contributed by atoms with Crippen LogP contribution in [0, 0.1) is 23.3 Å². The van der Waals surface area contributed by atoms with Crippen molar-refractivity contribution in [1.29, 1.82) is 0 Å². The maximum Gasteiger partial charge on any atom is 0.165 e. The number of rotatable bonds is 2. The summed E-state index contributed by atoms with van der Waals surface area (Å²) in [7, 11) is 0. The molecule has 0 atom stereocenters. The molecule has 0 radical (unpaired) electrons. The molecular formula is C8H5BrF4. The first kappa shape index (κ1) is 10.5. The van der Waals surface area contributed by atoms with E-state index in [0.29, 0.717) is 0 Å². The van der Waals surface area contributed by atoms with Crippen LogP contribution in [0.5, 0.6) is 0 Å². The average Bonchev–Trinajstić information content (AvgIpc) is 2.09. The molecule has 0 aromatic heterocycles. The minimum absolute atomic E-state index is 0.0909. The third-order valence-electron chi connectivity index (χ3n) is 1.55. The van der Waals surface area contributed by atoms with Gasteiger partial charge < -0.3 is 0 Å². The Kier molecular flexibility index (Phi) is 3.30. The van der Waals surface area contributed by atoms with Crippen LogP contribution in [-0.2, 0) is 6.42 Å². The average molecular weight is 257 g/mol. The second kappa shape index (κ2) is 4.09. The van der Waals surface area contributed by atoms with E-state index in [1.807, 2.05) is 0 Å². The Morgan fingerprint density at radius 1 is 1.00 bits per heavy atom. The van der Waals surface area contributed by atoms with E-state index in [9.17, 15) is 17.6 Å². The molecule has 0 aliphatic heterocycles. The smallest absolute Gasteiger partial charge is 0.165 e. The first-order valence-corrected chi connectivity index (χ1v) is 4.58. The molecule has 5 heteroatoms. The molecule has 0 unspecified atom stereocenters. The van der Waals surface area contributed by atoms with E-state index < -0.39 is 28.8 Å². The Balaban J connectivity index is 3.28. The molecule has 0 saturated heterocycles. The summed E-state index contributed by atoms with van der Waals surface area (Å²) in [6.45, 7) is 0. The normalized spacial score (nSPS) is 10.5. The lowest BCUT2D eigenvalue weighted by Crippen LogP contribution is -2.03. The Morgan fingerprint density at radius 3 is 1.85 bits per heavy atom. The predicted molar refractivity (Wildman–Crippen MR) is 43.8 cm³/mol. The molecule has 1 rings (SSSR count). The Bertz CT molecular complexity index is 298. The molecule has 1 aromatic carbocycles.